The van der Waals surface area contributed by atoms with E-state index in [4.69, 9.17) is 9.31 Å². The summed E-state index contributed by atoms with van der Waals surface area (Å²) in [5.74, 6) is 1.97. The highest BCUT2D eigenvalue weighted by atomic mass is 19.4. The van der Waals surface area contributed by atoms with Gasteiger partial charge in [-0.1, -0.05) is 49.2 Å². The van der Waals surface area contributed by atoms with Gasteiger partial charge in [0, 0.05) is 0 Å². The first-order valence-corrected chi connectivity index (χ1v) is 9.36. The highest BCUT2D eigenvalue weighted by Crippen LogP contribution is 2.37. The van der Waals surface area contributed by atoms with Crippen molar-refractivity contribution in [2.75, 3.05) is 0 Å². The first-order chi connectivity index (χ1) is 12.4. The van der Waals surface area contributed by atoms with Crippen LogP contribution in [-0.2, 0) is 15.5 Å². The van der Waals surface area contributed by atoms with Gasteiger partial charge in [-0.05, 0) is 58.2 Å². The molecule has 2 rings (SSSR count). The van der Waals surface area contributed by atoms with Crippen molar-refractivity contribution in [1.29, 1.82) is 0 Å². The Balaban J connectivity index is 2.16. The second kappa shape index (κ2) is 8.23. The highest BCUT2D eigenvalue weighted by molar-refractivity contribution is 6.52. The lowest BCUT2D eigenvalue weighted by atomic mass is 9.85. The van der Waals surface area contributed by atoms with Gasteiger partial charge in [0.25, 0.3) is 0 Å². The quantitative estimate of drug-likeness (QED) is 0.416. The van der Waals surface area contributed by atoms with Gasteiger partial charge in [0.2, 0.25) is 0 Å². The molecule has 0 N–H and O–H groups in total. The predicted molar refractivity (Wildman–Crippen MR) is 104 cm³/mol. The number of alkyl halides is 3. The SMILES string of the molecule is CCCCC(=C/B1OC(C)(C)C(C)(C)O1)/C=C/c1ccc(C(F)(F)F)cc1. The standard InChI is InChI=1S/C21H28BF3O2/c1-6-7-8-17(15-22-26-19(2,3)20(4,5)27-22)10-9-16-11-13-18(14-12-16)21(23,24)25/h9-15H,6-8H2,1-5H3/b10-9+,17-15-. The normalized spacial score (nSPS) is 19.9. The summed E-state index contributed by atoms with van der Waals surface area (Å²) in [5, 5.41) is 0. The van der Waals surface area contributed by atoms with Gasteiger partial charge in [0.15, 0.2) is 0 Å². The molecule has 1 aromatic rings. The molecular weight excluding hydrogens is 352 g/mol. The third-order valence-electron chi connectivity index (χ3n) is 5.17. The lowest BCUT2D eigenvalue weighted by Crippen LogP contribution is -2.41. The minimum absolute atomic E-state index is 0.402. The monoisotopic (exact) mass is 380 g/mol. The van der Waals surface area contributed by atoms with Crippen LogP contribution < -0.4 is 0 Å². The molecule has 0 aliphatic carbocycles. The largest absolute Gasteiger partial charge is 0.487 e. The minimum Gasteiger partial charge on any atom is -0.400 e. The van der Waals surface area contributed by atoms with E-state index in [1.807, 2.05) is 45.8 Å². The van der Waals surface area contributed by atoms with Crippen LogP contribution in [0.4, 0.5) is 13.2 Å². The van der Waals surface area contributed by atoms with Crippen LogP contribution in [0.1, 0.15) is 65.0 Å². The van der Waals surface area contributed by atoms with E-state index < -0.39 is 30.1 Å². The van der Waals surface area contributed by atoms with Gasteiger partial charge in [-0.2, -0.15) is 13.2 Å². The molecule has 148 valence electrons. The zero-order chi connectivity index (χ0) is 20.3. The van der Waals surface area contributed by atoms with Crippen LogP contribution >= 0.6 is 0 Å². The molecule has 6 heteroatoms. The van der Waals surface area contributed by atoms with Crippen LogP contribution in [0.2, 0.25) is 0 Å². The van der Waals surface area contributed by atoms with E-state index in [1.165, 1.54) is 12.1 Å². The maximum atomic E-state index is 12.7. The second-order valence-corrected chi connectivity index (χ2v) is 7.92. The van der Waals surface area contributed by atoms with Gasteiger partial charge >= 0.3 is 13.3 Å². The van der Waals surface area contributed by atoms with E-state index in [2.05, 4.69) is 6.92 Å². The van der Waals surface area contributed by atoms with Crippen molar-refractivity contribution in [1.82, 2.24) is 0 Å². The smallest absolute Gasteiger partial charge is 0.400 e. The first-order valence-electron chi connectivity index (χ1n) is 9.36. The van der Waals surface area contributed by atoms with E-state index in [9.17, 15) is 13.2 Å². The number of allylic oxidation sites excluding steroid dienone is 2. The molecule has 0 unspecified atom stereocenters. The van der Waals surface area contributed by atoms with Crippen molar-refractivity contribution in [3.05, 3.63) is 53.0 Å². The highest BCUT2D eigenvalue weighted by Gasteiger charge is 2.50. The number of halogens is 3. The summed E-state index contributed by atoms with van der Waals surface area (Å²) >= 11 is 0. The molecule has 1 heterocycles. The van der Waals surface area contributed by atoms with E-state index in [-0.39, 0.29) is 0 Å². The summed E-state index contributed by atoms with van der Waals surface area (Å²) in [7, 11) is -0.431. The van der Waals surface area contributed by atoms with E-state index >= 15 is 0 Å². The van der Waals surface area contributed by atoms with Crippen LogP contribution in [0.25, 0.3) is 6.08 Å². The molecule has 2 nitrogen and oxygen atoms in total. The topological polar surface area (TPSA) is 18.5 Å². The van der Waals surface area contributed by atoms with Crippen LogP contribution in [-0.4, -0.2) is 18.3 Å². The Labute approximate surface area is 160 Å². The Morgan fingerprint density at radius 1 is 1.04 bits per heavy atom. The van der Waals surface area contributed by atoms with Gasteiger partial charge in [0.05, 0.1) is 16.8 Å². The molecule has 27 heavy (non-hydrogen) atoms. The Kier molecular flexibility index (Phi) is 6.64. The average Bonchev–Trinajstić information content (AvgIpc) is 2.76. The molecule has 0 atom stereocenters. The van der Waals surface area contributed by atoms with Gasteiger partial charge in [-0.3, -0.25) is 0 Å². The van der Waals surface area contributed by atoms with Crippen molar-refractivity contribution in [3.8, 4) is 0 Å². The van der Waals surface area contributed by atoms with Gasteiger partial charge < -0.3 is 9.31 Å². The molecule has 1 aliphatic heterocycles. The van der Waals surface area contributed by atoms with Crippen molar-refractivity contribution < 1.29 is 22.5 Å². The Hall–Kier alpha value is -1.53. The summed E-state index contributed by atoms with van der Waals surface area (Å²) < 4.78 is 50.1. The summed E-state index contributed by atoms with van der Waals surface area (Å²) in [5.41, 5.74) is 0.329. The van der Waals surface area contributed by atoms with Crippen LogP contribution in [0.5, 0.6) is 0 Å². The van der Waals surface area contributed by atoms with Gasteiger partial charge in [0.1, 0.15) is 0 Å². The molecule has 0 amide bonds. The molecule has 0 saturated carbocycles. The third kappa shape index (κ3) is 5.72. The molecule has 1 aliphatic rings. The maximum Gasteiger partial charge on any atom is 0.487 e. The van der Waals surface area contributed by atoms with Crippen molar-refractivity contribution in [2.45, 2.75) is 71.3 Å². The Morgan fingerprint density at radius 2 is 1.59 bits per heavy atom. The minimum atomic E-state index is -4.31. The molecule has 0 aromatic heterocycles. The molecule has 1 saturated heterocycles. The number of hydrogen-bond donors (Lipinski definition) is 0. The third-order valence-corrected chi connectivity index (χ3v) is 5.17. The van der Waals surface area contributed by atoms with Crippen LogP contribution in [0.15, 0.2) is 41.9 Å². The molecule has 0 bridgehead atoms. The van der Waals surface area contributed by atoms with Gasteiger partial charge in [-0.25, -0.2) is 0 Å². The van der Waals surface area contributed by atoms with Gasteiger partial charge in [-0.15, -0.1) is 0 Å². The Bertz CT molecular complexity index is 672. The molecular formula is C21H28BF3O2. The summed E-state index contributed by atoms with van der Waals surface area (Å²) in [6, 6.07) is 5.16. The summed E-state index contributed by atoms with van der Waals surface area (Å²) in [6.45, 7) is 10.1. The van der Waals surface area contributed by atoms with E-state index in [1.54, 1.807) is 0 Å². The van der Waals surface area contributed by atoms with Crippen LogP contribution in [0, 0.1) is 0 Å². The fraction of sp³-hybridized carbons (Fsp3) is 0.524. The fourth-order valence-electron chi connectivity index (χ4n) is 2.72. The average molecular weight is 380 g/mol. The van der Waals surface area contributed by atoms with E-state index in [0.717, 1.165) is 42.5 Å². The molecule has 1 fully saturated rings. The summed E-state index contributed by atoms with van der Waals surface area (Å²) in [6.07, 6.45) is 2.37. The molecule has 0 spiro atoms. The number of benzene rings is 1. The lowest BCUT2D eigenvalue weighted by Gasteiger charge is -2.32. The maximum absolute atomic E-state index is 12.7. The fourth-order valence-corrected chi connectivity index (χ4v) is 2.72. The van der Waals surface area contributed by atoms with Crippen molar-refractivity contribution in [2.24, 2.45) is 0 Å². The number of rotatable bonds is 6. The summed E-state index contributed by atoms with van der Waals surface area (Å²) in [4.78, 5) is 0. The lowest BCUT2D eigenvalue weighted by molar-refractivity contribution is -0.137. The Morgan fingerprint density at radius 3 is 2.07 bits per heavy atom. The van der Waals surface area contributed by atoms with Crippen molar-refractivity contribution >= 4 is 13.2 Å². The predicted octanol–water partition coefficient (Wildman–Crippen LogP) is 6.47. The second-order valence-electron chi connectivity index (χ2n) is 7.92. The number of unbranched alkanes of at least 4 members (excludes halogenated alkanes) is 1. The van der Waals surface area contributed by atoms with Crippen molar-refractivity contribution in [3.63, 3.8) is 0 Å². The zero-order valence-electron chi connectivity index (χ0n) is 16.7. The van der Waals surface area contributed by atoms with Crippen LogP contribution in [0.3, 0.4) is 0 Å². The zero-order valence-corrected chi connectivity index (χ0v) is 16.7. The first kappa shape index (κ1) is 21.8. The molecule has 1 aromatic carbocycles. The number of hydrogen-bond acceptors (Lipinski definition) is 2. The van der Waals surface area contributed by atoms with E-state index in [0.29, 0.717) is 0 Å². The molecule has 0 radical (unpaired) electrons.